The third-order valence-corrected chi connectivity index (χ3v) is 6.08. The van der Waals surface area contributed by atoms with Crippen molar-refractivity contribution in [1.29, 1.82) is 0 Å². The van der Waals surface area contributed by atoms with E-state index in [1.807, 2.05) is 24.3 Å². The van der Waals surface area contributed by atoms with Gasteiger partial charge in [0.1, 0.15) is 5.76 Å². The Morgan fingerprint density at radius 3 is 2.70 bits per heavy atom. The van der Waals surface area contributed by atoms with Crippen molar-refractivity contribution in [1.82, 2.24) is 5.32 Å². The summed E-state index contributed by atoms with van der Waals surface area (Å²) in [6, 6.07) is 8.00. The van der Waals surface area contributed by atoms with Gasteiger partial charge in [-0.3, -0.25) is 9.59 Å². The molecule has 2 aliphatic rings. The van der Waals surface area contributed by atoms with Gasteiger partial charge in [-0.15, -0.1) is 0 Å². The lowest BCUT2D eigenvalue weighted by molar-refractivity contribution is 0.0336. The van der Waals surface area contributed by atoms with E-state index in [1.165, 1.54) is 0 Å². The predicted octanol–water partition coefficient (Wildman–Crippen LogP) is 4.31. The minimum atomic E-state index is -0.511. The van der Waals surface area contributed by atoms with Crippen molar-refractivity contribution in [3.05, 3.63) is 56.9 Å². The molecule has 1 aromatic carbocycles. The third kappa shape index (κ3) is 3.36. The second kappa shape index (κ2) is 7.24. The number of nitrogens with one attached hydrogen (secondary N) is 1. The molecule has 0 radical (unpaired) electrons. The number of carbonyl (C=O) groups excluding carboxylic acids is 2. The normalized spacial score (nSPS) is 18.8. The Kier molecular flexibility index (Phi) is 4.95. The number of aryl methyl sites for hydroxylation is 1. The first-order valence-corrected chi connectivity index (χ1v) is 10.1. The Balaban J connectivity index is 1.68. The third-order valence-electron chi connectivity index (χ3n) is 5.59. The molecule has 0 unspecified atom stereocenters. The van der Waals surface area contributed by atoms with Crippen LogP contribution in [0.25, 0.3) is 0 Å². The molecule has 2 heterocycles. The molecule has 2 aromatic rings. The molecule has 0 bridgehead atoms. The molecule has 0 spiro atoms. The molecular weight excluding hydrogens is 410 g/mol. The SMILES string of the molecule is Cc1c(C(=O)NC2(c3cccc(Br)c3)CCOCC2)oc2c1C(=O)CCC2. The predicted molar refractivity (Wildman–Crippen MR) is 104 cm³/mol. The lowest BCUT2D eigenvalue weighted by Crippen LogP contribution is -2.49. The number of rotatable bonds is 3. The highest BCUT2D eigenvalue weighted by molar-refractivity contribution is 9.10. The average molecular weight is 432 g/mol. The summed E-state index contributed by atoms with van der Waals surface area (Å²) in [5, 5.41) is 3.21. The van der Waals surface area contributed by atoms with Crippen molar-refractivity contribution in [2.45, 2.75) is 44.6 Å². The Morgan fingerprint density at radius 1 is 1.22 bits per heavy atom. The van der Waals surface area contributed by atoms with Gasteiger partial charge in [-0.1, -0.05) is 28.1 Å². The van der Waals surface area contributed by atoms with Crippen molar-refractivity contribution >= 4 is 27.6 Å². The molecule has 4 rings (SSSR count). The van der Waals surface area contributed by atoms with Crippen LogP contribution in [0.5, 0.6) is 0 Å². The first kappa shape index (κ1) is 18.4. The largest absolute Gasteiger partial charge is 0.455 e. The summed E-state index contributed by atoms with van der Waals surface area (Å²) in [6.45, 7) is 2.97. The summed E-state index contributed by atoms with van der Waals surface area (Å²) in [6.07, 6.45) is 3.38. The van der Waals surface area contributed by atoms with Crippen LogP contribution in [-0.2, 0) is 16.7 Å². The molecule has 1 aliphatic carbocycles. The number of furan rings is 1. The monoisotopic (exact) mass is 431 g/mol. The standard InChI is InChI=1S/C21H22BrNO4/c1-13-18-16(24)6-3-7-17(18)27-19(13)20(25)23-21(8-10-26-11-9-21)14-4-2-5-15(22)12-14/h2,4-5,12H,3,6-11H2,1H3,(H,23,25). The Labute approximate surface area is 166 Å². The molecule has 1 amide bonds. The molecule has 27 heavy (non-hydrogen) atoms. The lowest BCUT2D eigenvalue weighted by Gasteiger charge is -2.38. The fraction of sp³-hybridized carbons (Fsp3) is 0.429. The van der Waals surface area contributed by atoms with E-state index in [4.69, 9.17) is 9.15 Å². The Morgan fingerprint density at radius 2 is 2.00 bits per heavy atom. The zero-order valence-corrected chi connectivity index (χ0v) is 16.9. The van der Waals surface area contributed by atoms with Gasteiger partial charge in [-0.05, 0) is 43.9 Å². The van der Waals surface area contributed by atoms with Gasteiger partial charge in [-0.2, -0.15) is 0 Å². The van der Waals surface area contributed by atoms with E-state index in [-0.39, 0.29) is 17.5 Å². The lowest BCUT2D eigenvalue weighted by atomic mass is 9.82. The number of fused-ring (bicyclic) bond motifs is 1. The van der Waals surface area contributed by atoms with Crippen molar-refractivity contribution in [3.8, 4) is 0 Å². The molecular formula is C21H22BrNO4. The fourth-order valence-corrected chi connectivity index (χ4v) is 4.53. The van der Waals surface area contributed by atoms with Gasteiger partial charge in [0, 0.05) is 36.1 Å². The first-order valence-electron chi connectivity index (χ1n) is 9.32. The smallest absolute Gasteiger partial charge is 0.287 e. The number of hydrogen-bond acceptors (Lipinski definition) is 4. The van der Waals surface area contributed by atoms with E-state index in [1.54, 1.807) is 6.92 Å². The van der Waals surface area contributed by atoms with Gasteiger partial charge < -0.3 is 14.5 Å². The highest BCUT2D eigenvalue weighted by Crippen LogP contribution is 2.35. The van der Waals surface area contributed by atoms with Crippen LogP contribution in [0.3, 0.4) is 0 Å². The van der Waals surface area contributed by atoms with Crippen LogP contribution in [0.15, 0.2) is 33.2 Å². The maximum absolute atomic E-state index is 13.2. The zero-order chi connectivity index (χ0) is 19.0. The average Bonchev–Trinajstić information content (AvgIpc) is 3.01. The van der Waals surface area contributed by atoms with Crippen LogP contribution in [0.4, 0.5) is 0 Å². The molecule has 1 aliphatic heterocycles. The molecule has 5 nitrogen and oxygen atoms in total. The molecule has 1 saturated heterocycles. The molecule has 142 valence electrons. The summed E-state index contributed by atoms with van der Waals surface area (Å²) < 4.78 is 12.3. The van der Waals surface area contributed by atoms with E-state index in [2.05, 4.69) is 21.2 Å². The van der Waals surface area contributed by atoms with Crippen LogP contribution < -0.4 is 5.32 Å². The van der Waals surface area contributed by atoms with E-state index < -0.39 is 5.54 Å². The Hall–Kier alpha value is -1.92. The number of hydrogen-bond donors (Lipinski definition) is 1. The van der Waals surface area contributed by atoms with Gasteiger partial charge in [0.2, 0.25) is 0 Å². The minimum Gasteiger partial charge on any atom is -0.455 e. The summed E-state index contributed by atoms with van der Waals surface area (Å²) >= 11 is 3.52. The van der Waals surface area contributed by atoms with Gasteiger partial charge in [0.25, 0.3) is 5.91 Å². The summed E-state index contributed by atoms with van der Waals surface area (Å²) in [4.78, 5) is 25.4. The van der Waals surface area contributed by atoms with Crippen LogP contribution in [0.2, 0.25) is 0 Å². The number of carbonyl (C=O) groups is 2. The number of ether oxygens (including phenoxy) is 1. The van der Waals surface area contributed by atoms with Crippen LogP contribution >= 0.6 is 15.9 Å². The van der Waals surface area contributed by atoms with E-state index in [0.29, 0.717) is 55.8 Å². The van der Waals surface area contributed by atoms with Gasteiger partial charge in [-0.25, -0.2) is 0 Å². The van der Waals surface area contributed by atoms with Crippen molar-refractivity contribution in [3.63, 3.8) is 0 Å². The zero-order valence-electron chi connectivity index (χ0n) is 15.3. The highest BCUT2D eigenvalue weighted by Gasteiger charge is 2.38. The van der Waals surface area contributed by atoms with E-state index in [0.717, 1.165) is 16.5 Å². The topological polar surface area (TPSA) is 68.5 Å². The number of benzene rings is 1. The Bertz CT molecular complexity index is 896. The van der Waals surface area contributed by atoms with Crippen LogP contribution in [0, 0.1) is 6.92 Å². The molecule has 6 heteroatoms. The van der Waals surface area contributed by atoms with Crippen molar-refractivity contribution < 1.29 is 18.7 Å². The van der Waals surface area contributed by atoms with Crippen molar-refractivity contribution in [2.24, 2.45) is 0 Å². The summed E-state index contributed by atoms with van der Waals surface area (Å²) in [7, 11) is 0. The van der Waals surface area contributed by atoms with Crippen LogP contribution in [0.1, 0.15) is 63.5 Å². The molecule has 0 atom stereocenters. The summed E-state index contributed by atoms with van der Waals surface area (Å²) in [5.41, 5.74) is 1.79. The minimum absolute atomic E-state index is 0.0734. The fourth-order valence-electron chi connectivity index (χ4n) is 4.13. The maximum Gasteiger partial charge on any atom is 0.287 e. The first-order chi connectivity index (χ1) is 13.0. The number of halogens is 1. The molecule has 0 saturated carbocycles. The second-order valence-electron chi connectivity index (χ2n) is 7.29. The number of amides is 1. The number of Topliss-reactive ketones (excluding diaryl/α,β-unsaturated/α-hetero) is 1. The quantitative estimate of drug-likeness (QED) is 0.785. The van der Waals surface area contributed by atoms with Gasteiger partial charge >= 0.3 is 0 Å². The van der Waals surface area contributed by atoms with E-state index in [9.17, 15) is 9.59 Å². The molecule has 1 fully saturated rings. The maximum atomic E-state index is 13.2. The number of ketones is 1. The van der Waals surface area contributed by atoms with Crippen LogP contribution in [-0.4, -0.2) is 24.9 Å². The van der Waals surface area contributed by atoms with Gasteiger partial charge in [0.15, 0.2) is 11.5 Å². The molecule has 1 aromatic heterocycles. The summed E-state index contributed by atoms with van der Waals surface area (Å²) in [5.74, 6) is 0.717. The van der Waals surface area contributed by atoms with Crippen molar-refractivity contribution in [2.75, 3.05) is 13.2 Å². The van der Waals surface area contributed by atoms with E-state index >= 15 is 0 Å². The second-order valence-corrected chi connectivity index (χ2v) is 8.21. The molecule has 1 N–H and O–H groups in total. The highest BCUT2D eigenvalue weighted by atomic mass is 79.9. The van der Waals surface area contributed by atoms with Gasteiger partial charge in [0.05, 0.1) is 11.1 Å².